The van der Waals surface area contributed by atoms with Crippen molar-refractivity contribution >= 4 is 11.6 Å². The number of nitrogens with zero attached hydrogens (tertiary/aromatic N) is 1. The van der Waals surface area contributed by atoms with E-state index in [1.54, 1.807) is 0 Å². The van der Waals surface area contributed by atoms with Gasteiger partial charge in [0.2, 0.25) is 0 Å². The lowest BCUT2D eigenvalue weighted by Crippen LogP contribution is -2.48. The van der Waals surface area contributed by atoms with Crippen LogP contribution in [0.2, 0.25) is 0 Å². The lowest BCUT2D eigenvalue weighted by Gasteiger charge is -2.41. The zero-order valence-electron chi connectivity index (χ0n) is 10.9. The fourth-order valence-corrected chi connectivity index (χ4v) is 2.24. The largest absolute Gasteiger partial charge is 0.300 e. The van der Waals surface area contributed by atoms with E-state index in [4.69, 9.17) is 0 Å². The van der Waals surface area contributed by atoms with Gasteiger partial charge in [0.15, 0.2) is 0 Å². The molecule has 3 heteroatoms. The van der Waals surface area contributed by atoms with Crippen molar-refractivity contribution in [2.24, 2.45) is 5.92 Å². The number of rotatable bonds is 3. The molecule has 1 heterocycles. The third kappa shape index (κ3) is 3.71. The van der Waals surface area contributed by atoms with Crippen molar-refractivity contribution in [3.8, 4) is 0 Å². The number of carbonyl (C=O) groups excluding carboxylic acids is 2. The first-order chi connectivity index (χ1) is 7.30. The molecule has 0 saturated carbocycles. The first-order valence-corrected chi connectivity index (χ1v) is 6.08. The normalized spacial score (nSPS) is 23.1. The molecular formula is C13H23NO2. The lowest BCUT2D eigenvalue weighted by atomic mass is 9.89. The predicted molar refractivity (Wildman–Crippen MR) is 64.4 cm³/mol. The molecule has 0 N–H and O–H groups in total. The first kappa shape index (κ1) is 13.4. The summed E-state index contributed by atoms with van der Waals surface area (Å²) in [4.78, 5) is 25.1. The molecule has 1 unspecified atom stereocenters. The Morgan fingerprint density at radius 3 is 2.44 bits per heavy atom. The van der Waals surface area contributed by atoms with Gasteiger partial charge in [0.1, 0.15) is 11.6 Å². The van der Waals surface area contributed by atoms with Gasteiger partial charge in [-0.3, -0.25) is 14.5 Å². The second-order valence-electron chi connectivity index (χ2n) is 5.80. The summed E-state index contributed by atoms with van der Waals surface area (Å²) in [6.45, 7) is 9.88. The molecule has 0 radical (unpaired) electrons. The zero-order valence-corrected chi connectivity index (χ0v) is 10.9. The maximum atomic E-state index is 11.8. The smallest absolute Gasteiger partial charge is 0.144 e. The van der Waals surface area contributed by atoms with Crippen molar-refractivity contribution in [2.45, 2.75) is 52.5 Å². The zero-order chi connectivity index (χ0) is 12.3. The Kier molecular flexibility index (Phi) is 4.25. The second-order valence-corrected chi connectivity index (χ2v) is 5.80. The molecule has 3 nitrogen and oxygen atoms in total. The predicted octanol–water partition coefficient (Wildman–Crippen LogP) is 2.05. The lowest BCUT2D eigenvalue weighted by molar-refractivity contribution is -0.130. The van der Waals surface area contributed by atoms with Gasteiger partial charge >= 0.3 is 0 Å². The van der Waals surface area contributed by atoms with Crippen molar-refractivity contribution in [3.63, 3.8) is 0 Å². The molecule has 0 bridgehead atoms. The van der Waals surface area contributed by atoms with Gasteiger partial charge in [-0.25, -0.2) is 0 Å². The molecule has 0 aromatic rings. The molecule has 1 aliphatic heterocycles. The van der Waals surface area contributed by atoms with E-state index in [-0.39, 0.29) is 29.4 Å². The molecule has 0 spiro atoms. The van der Waals surface area contributed by atoms with Crippen LogP contribution in [0.3, 0.4) is 0 Å². The molecule has 0 aliphatic carbocycles. The van der Waals surface area contributed by atoms with Gasteiger partial charge in [0.25, 0.3) is 0 Å². The van der Waals surface area contributed by atoms with Gasteiger partial charge in [-0.2, -0.15) is 0 Å². The van der Waals surface area contributed by atoms with Gasteiger partial charge in [0.05, 0.1) is 6.42 Å². The highest BCUT2D eigenvalue weighted by Crippen LogP contribution is 2.24. The molecule has 1 rings (SSSR count). The van der Waals surface area contributed by atoms with Gasteiger partial charge in [0, 0.05) is 18.0 Å². The van der Waals surface area contributed by atoms with E-state index in [2.05, 4.69) is 25.7 Å². The van der Waals surface area contributed by atoms with Gasteiger partial charge < -0.3 is 0 Å². The van der Waals surface area contributed by atoms with E-state index >= 15 is 0 Å². The van der Waals surface area contributed by atoms with Crippen LogP contribution >= 0.6 is 0 Å². The van der Waals surface area contributed by atoms with Crippen LogP contribution in [0.1, 0.15) is 47.0 Å². The molecular weight excluding hydrogens is 202 g/mol. The summed E-state index contributed by atoms with van der Waals surface area (Å²) in [7, 11) is 0. The quantitative estimate of drug-likeness (QED) is 0.690. The SMILES string of the molecule is CC(=O)CC(=O)C1CCCN(C(C)(C)C)C1. The maximum Gasteiger partial charge on any atom is 0.144 e. The molecule has 1 saturated heterocycles. The third-order valence-corrected chi connectivity index (χ3v) is 3.25. The van der Waals surface area contributed by atoms with E-state index in [9.17, 15) is 9.59 Å². The van der Waals surface area contributed by atoms with Gasteiger partial charge in [-0.05, 0) is 47.1 Å². The summed E-state index contributed by atoms with van der Waals surface area (Å²) in [6.07, 6.45) is 2.12. The Bertz CT molecular complexity index is 278. The van der Waals surface area contributed by atoms with E-state index in [0.29, 0.717) is 0 Å². The minimum atomic E-state index is -0.0158. The summed E-state index contributed by atoms with van der Waals surface area (Å²) in [5, 5.41) is 0. The van der Waals surface area contributed by atoms with Crippen molar-refractivity contribution in [2.75, 3.05) is 13.1 Å². The third-order valence-electron chi connectivity index (χ3n) is 3.25. The van der Waals surface area contributed by atoms with Crippen LogP contribution in [0.25, 0.3) is 0 Å². The number of hydrogen-bond donors (Lipinski definition) is 0. The molecule has 1 aliphatic rings. The van der Waals surface area contributed by atoms with Gasteiger partial charge in [-0.1, -0.05) is 0 Å². The van der Waals surface area contributed by atoms with Crippen LogP contribution in [-0.2, 0) is 9.59 Å². The van der Waals surface area contributed by atoms with Crippen LogP contribution in [0.5, 0.6) is 0 Å². The maximum absolute atomic E-state index is 11.8. The molecule has 1 atom stereocenters. The fourth-order valence-electron chi connectivity index (χ4n) is 2.24. The Morgan fingerprint density at radius 1 is 1.31 bits per heavy atom. The molecule has 0 aromatic heterocycles. The second kappa shape index (κ2) is 5.09. The van der Waals surface area contributed by atoms with Crippen molar-refractivity contribution in [1.29, 1.82) is 0 Å². The van der Waals surface area contributed by atoms with Gasteiger partial charge in [-0.15, -0.1) is 0 Å². The van der Waals surface area contributed by atoms with Crippen molar-refractivity contribution in [3.05, 3.63) is 0 Å². The number of hydrogen-bond acceptors (Lipinski definition) is 3. The Morgan fingerprint density at radius 2 is 1.94 bits per heavy atom. The van der Waals surface area contributed by atoms with Crippen LogP contribution in [-0.4, -0.2) is 35.1 Å². The number of likely N-dealkylation sites (tertiary alicyclic amines) is 1. The molecule has 92 valence electrons. The topological polar surface area (TPSA) is 37.4 Å². The van der Waals surface area contributed by atoms with Crippen LogP contribution in [0, 0.1) is 5.92 Å². The average Bonchev–Trinajstić information content (AvgIpc) is 2.15. The molecule has 0 amide bonds. The van der Waals surface area contributed by atoms with Crippen molar-refractivity contribution in [1.82, 2.24) is 4.90 Å². The Hall–Kier alpha value is -0.700. The molecule has 16 heavy (non-hydrogen) atoms. The highest BCUT2D eigenvalue weighted by atomic mass is 16.1. The monoisotopic (exact) mass is 225 g/mol. The minimum Gasteiger partial charge on any atom is -0.300 e. The standard InChI is InChI=1S/C13H23NO2/c1-10(15)8-12(16)11-6-5-7-14(9-11)13(2,3)4/h11H,5-9H2,1-4H3. The molecule has 0 aromatic carbocycles. The summed E-state index contributed by atoms with van der Waals surface area (Å²) in [5.74, 6) is 0.177. The summed E-state index contributed by atoms with van der Waals surface area (Å²) < 4.78 is 0. The number of piperidine rings is 1. The van der Waals surface area contributed by atoms with E-state index in [1.165, 1.54) is 6.92 Å². The number of Topliss-reactive ketones (excluding diaryl/α,β-unsaturated/α-hetero) is 2. The summed E-state index contributed by atoms with van der Waals surface area (Å²) >= 11 is 0. The average molecular weight is 225 g/mol. The van der Waals surface area contributed by atoms with E-state index in [0.717, 1.165) is 25.9 Å². The highest BCUT2D eigenvalue weighted by Gasteiger charge is 2.31. The molecule has 1 fully saturated rings. The van der Waals surface area contributed by atoms with Crippen LogP contribution < -0.4 is 0 Å². The summed E-state index contributed by atoms with van der Waals surface area (Å²) in [6, 6.07) is 0. The van der Waals surface area contributed by atoms with Crippen LogP contribution in [0.15, 0.2) is 0 Å². The van der Waals surface area contributed by atoms with E-state index in [1.807, 2.05) is 0 Å². The fraction of sp³-hybridized carbons (Fsp3) is 0.846. The minimum absolute atomic E-state index is 0.0158. The Labute approximate surface area is 98.2 Å². The number of ketones is 2. The summed E-state index contributed by atoms with van der Waals surface area (Å²) in [5.41, 5.74) is 0.120. The Balaban J connectivity index is 2.57. The number of carbonyl (C=O) groups is 2. The highest BCUT2D eigenvalue weighted by molar-refractivity contribution is 5.99. The first-order valence-electron chi connectivity index (χ1n) is 6.08. The van der Waals surface area contributed by atoms with Crippen molar-refractivity contribution < 1.29 is 9.59 Å². The van der Waals surface area contributed by atoms with Crippen LogP contribution in [0.4, 0.5) is 0 Å². The van der Waals surface area contributed by atoms with E-state index < -0.39 is 0 Å².